The zero-order valence-corrected chi connectivity index (χ0v) is 13.4. The van der Waals surface area contributed by atoms with Gasteiger partial charge in [0.25, 0.3) is 0 Å². The number of rotatable bonds is 7. The van der Waals surface area contributed by atoms with Crippen molar-refractivity contribution >= 4 is 27.8 Å². The first-order chi connectivity index (χ1) is 9.99. The molecule has 0 aliphatic heterocycles. The van der Waals surface area contributed by atoms with E-state index in [1.165, 1.54) is 12.0 Å². The van der Waals surface area contributed by atoms with Crippen molar-refractivity contribution in [3.63, 3.8) is 0 Å². The molecule has 1 saturated carbocycles. The molecule has 1 N–H and O–H groups in total. The zero-order chi connectivity index (χ0) is 15.5. The average molecular weight is 356 g/mol. The van der Waals surface area contributed by atoms with Gasteiger partial charge in [0, 0.05) is 18.1 Å². The Hall–Kier alpha value is -1.40. The van der Waals surface area contributed by atoms with Gasteiger partial charge in [-0.2, -0.15) is 0 Å². The molecule has 1 fully saturated rings. The molecule has 0 atom stereocenters. The Balaban J connectivity index is 2.18. The van der Waals surface area contributed by atoms with Gasteiger partial charge in [0.05, 0.1) is 12.0 Å². The Bertz CT molecular complexity index is 525. The van der Waals surface area contributed by atoms with Crippen LogP contribution in [0.3, 0.4) is 0 Å². The van der Waals surface area contributed by atoms with E-state index in [1.807, 2.05) is 24.3 Å². The van der Waals surface area contributed by atoms with E-state index in [0.29, 0.717) is 13.2 Å². The molecule has 0 bridgehead atoms. The second-order valence-electron chi connectivity index (χ2n) is 5.20. The second kappa shape index (κ2) is 6.58. The summed E-state index contributed by atoms with van der Waals surface area (Å²) < 4.78 is 5.92. The van der Waals surface area contributed by atoms with Crippen LogP contribution in [0, 0.1) is 0 Å². The van der Waals surface area contributed by atoms with Crippen molar-refractivity contribution in [3.05, 3.63) is 34.3 Å². The molecule has 1 aliphatic rings. The van der Waals surface area contributed by atoms with Gasteiger partial charge in [0.1, 0.15) is 6.54 Å². The normalized spacial score (nSPS) is 15.5. The highest BCUT2D eigenvalue weighted by atomic mass is 79.9. The lowest BCUT2D eigenvalue weighted by molar-refractivity contribution is -0.146. The van der Waals surface area contributed by atoms with Crippen molar-refractivity contribution in [3.8, 4) is 0 Å². The second-order valence-corrected chi connectivity index (χ2v) is 6.12. The van der Waals surface area contributed by atoms with Crippen molar-refractivity contribution in [2.75, 3.05) is 26.8 Å². The molecular weight excluding hydrogens is 338 g/mol. The summed E-state index contributed by atoms with van der Waals surface area (Å²) in [5.74, 6) is -1.13. The number of nitrogens with zero attached hydrogens (tertiary/aromatic N) is 1. The highest BCUT2D eigenvalue weighted by Gasteiger charge is 2.53. The third kappa shape index (κ3) is 3.63. The first kappa shape index (κ1) is 16.0. The van der Waals surface area contributed by atoms with Gasteiger partial charge in [-0.25, -0.2) is 0 Å². The van der Waals surface area contributed by atoms with Gasteiger partial charge in [-0.1, -0.05) is 28.1 Å². The molecule has 5 nitrogen and oxygen atoms in total. The predicted molar refractivity (Wildman–Crippen MR) is 81.1 cm³/mol. The standard InChI is InChI=1S/C15H18BrNO4/c1-21-9-8-17(10-13(18)19)14(20)15(6-7-15)11-2-4-12(16)5-3-11/h2-5H,6-10H2,1H3,(H,18,19). The minimum atomic E-state index is -1.01. The SMILES string of the molecule is COCCN(CC(=O)O)C(=O)C1(c2ccc(Br)cc2)CC1. The molecule has 0 spiro atoms. The molecule has 114 valence electrons. The number of carboxylic acid groups (broad SMARTS) is 1. The number of amides is 1. The Morgan fingerprint density at radius 2 is 1.95 bits per heavy atom. The lowest BCUT2D eigenvalue weighted by Gasteiger charge is -2.26. The van der Waals surface area contributed by atoms with Crippen LogP contribution in [0.15, 0.2) is 28.7 Å². The summed E-state index contributed by atoms with van der Waals surface area (Å²) in [7, 11) is 1.53. The van der Waals surface area contributed by atoms with Crippen LogP contribution in [0.25, 0.3) is 0 Å². The van der Waals surface area contributed by atoms with Crippen LogP contribution in [0.5, 0.6) is 0 Å². The molecule has 6 heteroatoms. The van der Waals surface area contributed by atoms with Crippen LogP contribution in [0.4, 0.5) is 0 Å². The third-order valence-electron chi connectivity index (χ3n) is 3.73. The van der Waals surface area contributed by atoms with Crippen molar-refractivity contribution in [1.29, 1.82) is 0 Å². The molecule has 2 rings (SSSR count). The number of hydrogen-bond donors (Lipinski definition) is 1. The molecule has 0 aromatic heterocycles. The first-order valence-corrected chi connectivity index (χ1v) is 7.55. The van der Waals surface area contributed by atoms with E-state index in [-0.39, 0.29) is 12.5 Å². The highest BCUT2D eigenvalue weighted by molar-refractivity contribution is 9.10. The number of halogens is 1. The molecule has 1 aromatic carbocycles. The summed E-state index contributed by atoms with van der Waals surface area (Å²) in [6.07, 6.45) is 1.52. The Morgan fingerprint density at radius 3 is 2.43 bits per heavy atom. The molecule has 0 radical (unpaired) electrons. The predicted octanol–water partition coefficient (Wildman–Crippen LogP) is 2.04. The summed E-state index contributed by atoms with van der Waals surface area (Å²) >= 11 is 3.38. The van der Waals surface area contributed by atoms with Crippen LogP contribution in [0.2, 0.25) is 0 Å². The summed E-state index contributed by atoms with van der Waals surface area (Å²) in [6.45, 7) is 0.329. The number of methoxy groups -OCH3 is 1. The van der Waals surface area contributed by atoms with Crippen molar-refractivity contribution in [1.82, 2.24) is 4.90 Å². The first-order valence-electron chi connectivity index (χ1n) is 6.76. The average Bonchev–Trinajstić information content (AvgIpc) is 3.24. The summed E-state index contributed by atoms with van der Waals surface area (Å²) in [4.78, 5) is 25.1. The minimum Gasteiger partial charge on any atom is -0.480 e. The lowest BCUT2D eigenvalue weighted by atomic mass is 9.94. The van der Waals surface area contributed by atoms with Crippen LogP contribution in [-0.4, -0.2) is 48.7 Å². The number of ether oxygens (including phenoxy) is 1. The Kier molecular flexibility index (Phi) is 5.00. The number of benzene rings is 1. The zero-order valence-electron chi connectivity index (χ0n) is 11.8. The molecular formula is C15H18BrNO4. The monoisotopic (exact) mass is 355 g/mol. The number of carbonyl (C=O) groups excluding carboxylic acids is 1. The maximum absolute atomic E-state index is 12.7. The highest BCUT2D eigenvalue weighted by Crippen LogP contribution is 2.49. The topological polar surface area (TPSA) is 66.8 Å². The smallest absolute Gasteiger partial charge is 0.323 e. The fourth-order valence-electron chi connectivity index (χ4n) is 2.44. The van der Waals surface area contributed by atoms with E-state index in [0.717, 1.165) is 22.9 Å². The number of aliphatic carboxylic acids is 1. The third-order valence-corrected chi connectivity index (χ3v) is 4.26. The number of hydrogen-bond acceptors (Lipinski definition) is 3. The van der Waals surface area contributed by atoms with E-state index < -0.39 is 11.4 Å². The Morgan fingerprint density at radius 1 is 1.33 bits per heavy atom. The number of carboxylic acids is 1. The summed E-state index contributed by atoms with van der Waals surface area (Å²) in [6, 6.07) is 7.65. The van der Waals surface area contributed by atoms with Crippen LogP contribution < -0.4 is 0 Å². The van der Waals surface area contributed by atoms with E-state index in [1.54, 1.807) is 0 Å². The van der Waals surface area contributed by atoms with Crippen molar-refractivity contribution in [2.45, 2.75) is 18.3 Å². The summed E-state index contributed by atoms with van der Waals surface area (Å²) in [5.41, 5.74) is 0.396. The number of carbonyl (C=O) groups is 2. The van der Waals surface area contributed by atoms with E-state index in [4.69, 9.17) is 9.84 Å². The van der Waals surface area contributed by atoms with E-state index in [9.17, 15) is 9.59 Å². The molecule has 1 aliphatic carbocycles. The Labute approximate surface area is 132 Å². The van der Waals surface area contributed by atoms with Gasteiger partial charge in [-0.05, 0) is 30.5 Å². The van der Waals surface area contributed by atoms with E-state index >= 15 is 0 Å². The molecule has 0 unspecified atom stereocenters. The fourth-order valence-corrected chi connectivity index (χ4v) is 2.70. The molecule has 1 amide bonds. The van der Waals surface area contributed by atoms with Gasteiger partial charge in [-0.3, -0.25) is 9.59 Å². The van der Waals surface area contributed by atoms with Gasteiger partial charge in [-0.15, -0.1) is 0 Å². The molecule has 0 heterocycles. The van der Waals surface area contributed by atoms with Crippen molar-refractivity contribution in [2.24, 2.45) is 0 Å². The van der Waals surface area contributed by atoms with Crippen molar-refractivity contribution < 1.29 is 19.4 Å². The largest absolute Gasteiger partial charge is 0.480 e. The van der Waals surface area contributed by atoms with Gasteiger partial charge < -0.3 is 14.7 Å². The van der Waals surface area contributed by atoms with E-state index in [2.05, 4.69) is 15.9 Å². The maximum atomic E-state index is 12.7. The van der Waals surface area contributed by atoms with Crippen LogP contribution in [-0.2, 0) is 19.7 Å². The van der Waals surface area contributed by atoms with Gasteiger partial charge in [0.15, 0.2) is 0 Å². The molecule has 0 saturated heterocycles. The van der Waals surface area contributed by atoms with Crippen LogP contribution >= 0.6 is 15.9 Å². The molecule has 21 heavy (non-hydrogen) atoms. The lowest BCUT2D eigenvalue weighted by Crippen LogP contribution is -2.43. The van der Waals surface area contributed by atoms with Gasteiger partial charge >= 0.3 is 5.97 Å². The maximum Gasteiger partial charge on any atom is 0.323 e. The van der Waals surface area contributed by atoms with Gasteiger partial charge in [0.2, 0.25) is 5.91 Å². The van der Waals surface area contributed by atoms with Crippen LogP contribution in [0.1, 0.15) is 18.4 Å². The minimum absolute atomic E-state index is 0.121. The summed E-state index contributed by atoms with van der Waals surface area (Å²) in [5, 5.41) is 8.98. The quantitative estimate of drug-likeness (QED) is 0.812. The fraction of sp³-hybridized carbons (Fsp3) is 0.467. The molecule has 1 aromatic rings.